The number of nitrogens with two attached hydrogens (primary N) is 1. The van der Waals surface area contributed by atoms with E-state index < -0.39 is 4.92 Å². The molecule has 0 aliphatic carbocycles. The molecule has 19 heavy (non-hydrogen) atoms. The highest BCUT2D eigenvalue weighted by molar-refractivity contribution is 7.98. The van der Waals surface area contributed by atoms with Crippen LogP contribution >= 0.6 is 11.8 Å². The Balaban J connectivity index is 2.72. The molecule has 1 unspecified atom stereocenters. The summed E-state index contributed by atoms with van der Waals surface area (Å²) >= 11 is 1.71. The summed E-state index contributed by atoms with van der Waals surface area (Å²) in [7, 11) is 0. The summed E-state index contributed by atoms with van der Waals surface area (Å²) in [5.74, 6) is 0.973. The average molecular weight is 283 g/mol. The number of carbonyl (C=O) groups is 1. The van der Waals surface area contributed by atoms with Gasteiger partial charge in [0.05, 0.1) is 4.92 Å². The van der Waals surface area contributed by atoms with Crippen LogP contribution in [0.3, 0.4) is 0 Å². The number of thioether (sulfide) groups is 1. The maximum absolute atomic E-state index is 11.9. The third-order valence-corrected chi connectivity index (χ3v) is 3.45. The van der Waals surface area contributed by atoms with E-state index in [1.807, 2.05) is 13.2 Å². The number of amides is 1. The third kappa shape index (κ3) is 4.44. The number of nitrogens with one attached hydrogen (secondary N) is 1. The summed E-state index contributed by atoms with van der Waals surface area (Å²) < 4.78 is 0. The number of hydrogen-bond donors (Lipinski definition) is 2. The Morgan fingerprint density at radius 1 is 1.58 bits per heavy atom. The first kappa shape index (κ1) is 15.3. The lowest BCUT2D eigenvalue weighted by atomic mass is 10.1. The first-order valence-electron chi connectivity index (χ1n) is 5.76. The Hall–Kier alpha value is -1.76. The minimum atomic E-state index is -0.595. The highest BCUT2D eigenvalue weighted by Gasteiger charge is 2.15. The maximum Gasteiger partial charge on any atom is 0.292 e. The van der Waals surface area contributed by atoms with Crippen molar-refractivity contribution in [3.63, 3.8) is 0 Å². The number of nitro benzene ring substituents is 1. The molecule has 1 amide bonds. The van der Waals surface area contributed by atoms with E-state index in [2.05, 4.69) is 5.32 Å². The molecule has 0 radical (unpaired) electrons. The smallest absolute Gasteiger partial charge is 0.292 e. The van der Waals surface area contributed by atoms with Crippen molar-refractivity contribution in [3.8, 4) is 0 Å². The number of benzene rings is 1. The number of nitro groups is 1. The van der Waals surface area contributed by atoms with E-state index in [4.69, 9.17) is 5.73 Å². The quantitative estimate of drug-likeness (QED) is 0.472. The molecular formula is C12H17N3O3S. The van der Waals surface area contributed by atoms with Gasteiger partial charge in [-0.1, -0.05) is 6.92 Å². The summed E-state index contributed by atoms with van der Waals surface area (Å²) in [6.45, 7) is 2.57. The number of rotatable bonds is 6. The van der Waals surface area contributed by atoms with Crippen LogP contribution in [0.2, 0.25) is 0 Å². The molecule has 0 saturated carbocycles. The molecule has 7 heteroatoms. The number of hydrogen-bond acceptors (Lipinski definition) is 5. The molecule has 0 fully saturated rings. The highest BCUT2D eigenvalue weighted by atomic mass is 32.2. The average Bonchev–Trinajstić information content (AvgIpc) is 2.36. The van der Waals surface area contributed by atoms with Crippen LogP contribution in [-0.4, -0.2) is 29.4 Å². The summed E-state index contributed by atoms with van der Waals surface area (Å²) in [5, 5.41) is 13.5. The van der Waals surface area contributed by atoms with Gasteiger partial charge < -0.3 is 11.1 Å². The molecule has 0 heterocycles. The fraction of sp³-hybridized carbons (Fsp3) is 0.417. The minimum absolute atomic E-state index is 0.0531. The molecule has 0 aliphatic rings. The first-order valence-corrected chi connectivity index (χ1v) is 7.16. The van der Waals surface area contributed by atoms with Crippen molar-refractivity contribution in [3.05, 3.63) is 33.9 Å². The van der Waals surface area contributed by atoms with Crippen LogP contribution in [0, 0.1) is 16.0 Å². The molecule has 1 rings (SSSR count). The van der Waals surface area contributed by atoms with Gasteiger partial charge in [-0.05, 0) is 30.1 Å². The van der Waals surface area contributed by atoms with Crippen LogP contribution in [0.1, 0.15) is 17.3 Å². The number of anilines is 1. The third-order valence-electron chi connectivity index (χ3n) is 2.55. The zero-order valence-electron chi connectivity index (χ0n) is 10.9. The molecule has 3 N–H and O–H groups in total. The van der Waals surface area contributed by atoms with Crippen molar-refractivity contribution in [2.45, 2.75) is 6.92 Å². The van der Waals surface area contributed by atoms with Crippen molar-refractivity contribution in [2.24, 2.45) is 5.92 Å². The highest BCUT2D eigenvalue weighted by Crippen LogP contribution is 2.22. The molecular weight excluding hydrogens is 266 g/mol. The largest absolute Gasteiger partial charge is 0.393 e. The van der Waals surface area contributed by atoms with Gasteiger partial charge in [0.1, 0.15) is 5.69 Å². The second-order valence-electron chi connectivity index (χ2n) is 4.30. The molecule has 6 nitrogen and oxygen atoms in total. The van der Waals surface area contributed by atoms with E-state index in [-0.39, 0.29) is 22.8 Å². The monoisotopic (exact) mass is 283 g/mol. The predicted molar refractivity (Wildman–Crippen MR) is 77.4 cm³/mol. The van der Waals surface area contributed by atoms with Gasteiger partial charge in [0.15, 0.2) is 0 Å². The number of nitrogens with zero attached hydrogens (tertiary/aromatic N) is 1. The second-order valence-corrected chi connectivity index (χ2v) is 5.21. The Kier molecular flexibility index (Phi) is 5.62. The van der Waals surface area contributed by atoms with Crippen LogP contribution < -0.4 is 11.1 Å². The zero-order chi connectivity index (χ0) is 14.4. The van der Waals surface area contributed by atoms with Gasteiger partial charge in [0, 0.05) is 18.2 Å². The summed E-state index contributed by atoms with van der Waals surface area (Å²) in [6.07, 6.45) is 2.00. The normalized spacial score (nSPS) is 11.9. The van der Waals surface area contributed by atoms with Gasteiger partial charge in [-0.3, -0.25) is 14.9 Å². The van der Waals surface area contributed by atoms with Crippen LogP contribution in [0.15, 0.2) is 18.2 Å². The second kappa shape index (κ2) is 6.98. The molecule has 0 aliphatic heterocycles. The lowest BCUT2D eigenvalue weighted by molar-refractivity contribution is -0.383. The van der Waals surface area contributed by atoms with E-state index in [0.717, 1.165) is 5.75 Å². The number of nitrogen functional groups attached to an aromatic ring is 1. The Labute approximate surface area is 115 Å². The van der Waals surface area contributed by atoms with Crippen molar-refractivity contribution >= 4 is 29.0 Å². The van der Waals surface area contributed by atoms with E-state index in [1.165, 1.54) is 18.2 Å². The van der Waals surface area contributed by atoms with E-state index >= 15 is 0 Å². The van der Waals surface area contributed by atoms with E-state index in [0.29, 0.717) is 12.5 Å². The van der Waals surface area contributed by atoms with Gasteiger partial charge in [-0.15, -0.1) is 0 Å². The van der Waals surface area contributed by atoms with E-state index in [9.17, 15) is 14.9 Å². The van der Waals surface area contributed by atoms with Gasteiger partial charge in [-0.25, -0.2) is 0 Å². The maximum atomic E-state index is 11.9. The fourth-order valence-electron chi connectivity index (χ4n) is 1.56. The summed E-state index contributed by atoms with van der Waals surface area (Å²) in [5.41, 5.74) is 5.53. The van der Waals surface area contributed by atoms with Gasteiger partial charge in [0.25, 0.3) is 11.6 Å². The molecule has 0 aromatic heterocycles. The first-order chi connectivity index (χ1) is 8.95. The molecule has 0 bridgehead atoms. The zero-order valence-corrected chi connectivity index (χ0v) is 11.7. The van der Waals surface area contributed by atoms with E-state index in [1.54, 1.807) is 11.8 Å². The van der Waals surface area contributed by atoms with Crippen molar-refractivity contribution < 1.29 is 9.72 Å². The fourth-order valence-corrected chi connectivity index (χ4v) is 2.24. The van der Waals surface area contributed by atoms with Crippen LogP contribution in [0.5, 0.6) is 0 Å². The summed E-state index contributed by atoms with van der Waals surface area (Å²) in [4.78, 5) is 22.0. The Bertz CT molecular complexity index is 479. The van der Waals surface area contributed by atoms with Crippen molar-refractivity contribution in [2.75, 3.05) is 24.3 Å². The van der Waals surface area contributed by atoms with Crippen molar-refractivity contribution in [1.29, 1.82) is 0 Å². The Morgan fingerprint density at radius 2 is 2.26 bits per heavy atom. The minimum Gasteiger partial charge on any atom is -0.393 e. The molecule has 0 saturated heterocycles. The lowest BCUT2D eigenvalue weighted by Crippen LogP contribution is -2.29. The summed E-state index contributed by atoms with van der Waals surface area (Å²) in [6, 6.07) is 4.05. The lowest BCUT2D eigenvalue weighted by Gasteiger charge is -2.11. The Morgan fingerprint density at radius 3 is 2.84 bits per heavy atom. The van der Waals surface area contributed by atoms with Crippen LogP contribution in [0.4, 0.5) is 11.4 Å². The van der Waals surface area contributed by atoms with Gasteiger partial charge in [0.2, 0.25) is 0 Å². The molecule has 1 aromatic rings. The topological polar surface area (TPSA) is 98.3 Å². The molecule has 104 valence electrons. The molecule has 0 spiro atoms. The molecule has 1 atom stereocenters. The van der Waals surface area contributed by atoms with Crippen molar-refractivity contribution in [1.82, 2.24) is 5.32 Å². The SMILES string of the molecule is CSCC(C)CNC(=O)c1ccc(N)c([N+](=O)[O-])c1. The van der Waals surface area contributed by atoms with Gasteiger partial charge in [-0.2, -0.15) is 11.8 Å². The van der Waals surface area contributed by atoms with Crippen LogP contribution in [0.25, 0.3) is 0 Å². The predicted octanol–water partition coefficient (Wildman–Crippen LogP) is 1.91. The van der Waals surface area contributed by atoms with Crippen LogP contribution in [-0.2, 0) is 0 Å². The van der Waals surface area contributed by atoms with Gasteiger partial charge >= 0.3 is 0 Å². The number of carbonyl (C=O) groups excluding carboxylic acids is 1. The standard InChI is InChI=1S/C12H17N3O3S/c1-8(7-19-2)6-14-12(16)9-3-4-10(13)11(5-9)15(17)18/h3-5,8H,6-7,13H2,1-2H3,(H,14,16). The molecule has 1 aromatic carbocycles.